The van der Waals surface area contributed by atoms with Crippen molar-refractivity contribution in [2.24, 2.45) is 0 Å². The van der Waals surface area contributed by atoms with Gasteiger partial charge in [-0.3, -0.25) is 4.98 Å². The third-order valence-corrected chi connectivity index (χ3v) is 1.94. The molecule has 0 unspecified atom stereocenters. The quantitative estimate of drug-likeness (QED) is 0.833. The monoisotopic (exact) mass is 269 g/mol. The van der Waals surface area contributed by atoms with Crippen LogP contribution in [0.2, 0.25) is 0 Å². The molecule has 0 amide bonds. The van der Waals surface area contributed by atoms with E-state index < -0.39 is 5.97 Å². The van der Waals surface area contributed by atoms with Crippen molar-refractivity contribution in [2.45, 2.75) is 0 Å². The molecular weight excluding hydrogens is 262 g/mol. The van der Waals surface area contributed by atoms with Crippen LogP contribution in [0.15, 0.2) is 30.5 Å². The number of halogens is 1. The van der Waals surface area contributed by atoms with Crippen LogP contribution >= 0.6 is 17.0 Å². The van der Waals surface area contributed by atoms with Crippen molar-refractivity contribution in [1.29, 1.82) is 0 Å². The van der Waals surface area contributed by atoms with Gasteiger partial charge in [-0.15, -0.1) is 17.0 Å². The molecular formula is C10H8BrNO3. The molecule has 2 N–H and O–H groups in total. The van der Waals surface area contributed by atoms with Crippen LogP contribution in [0.25, 0.3) is 10.9 Å². The lowest BCUT2D eigenvalue weighted by Crippen LogP contribution is -1.96. The molecule has 0 saturated heterocycles. The number of carboxylic acids is 1. The van der Waals surface area contributed by atoms with Gasteiger partial charge in [0.1, 0.15) is 11.3 Å². The van der Waals surface area contributed by atoms with Gasteiger partial charge in [-0.2, -0.15) is 0 Å². The number of phenols is 1. The highest BCUT2D eigenvalue weighted by Gasteiger charge is 2.06. The lowest BCUT2D eigenvalue weighted by atomic mass is 10.1. The second kappa shape index (κ2) is 4.27. The molecule has 2 aromatic rings. The smallest absolute Gasteiger partial charge is 0.337 e. The minimum absolute atomic E-state index is 0. The largest absolute Gasteiger partial charge is 0.506 e. The van der Waals surface area contributed by atoms with Crippen molar-refractivity contribution in [2.75, 3.05) is 0 Å². The first-order valence-corrected chi connectivity index (χ1v) is 3.99. The van der Waals surface area contributed by atoms with E-state index in [1.54, 1.807) is 12.1 Å². The molecule has 2 rings (SSSR count). The molecule has 0 atom stereocenters. The maximum Gasteiger partial charge on any atom is 0.337 e. The number of carboxylic acid groups (broad SMARTS) is 1. The first-order valence-electron chi connectivity index (χ1n) is 3.99. The minimum Gasteiger partial charge on any atom is -0.506 e. The highest BCUT2D eigenvalue weighted by Crippen LogP contribution is 2.22. The molecule has 78 valence electrons. The molecule has 5 heteroatoms. The fraction of sp³-hybridized carbons (Fsp3) is 0. The first-order chi connectivity index (χ1) is 6.68. The standard InChI is InChI=1S/C10H7NO3.BrH/c12-8-3-1-2-6-4-7(10(13)14)5-11-9(6)8;/h1-5,12H,(H,13,14);1H. The summed E-state index contributed by atoms with van der Waals surface area (Å²) in [6.45, 7) is 0. The second-order valence-corrected chi connectivity index (χ2v) is 2.88. The molecule has 0 fully saturated rings. The van der Waals surface area contributed by atoms with Crippen molar-refractivity contribution < 1.29 is 15.0 Å². The van der Waals surface area contributed by atoms with Crippen LogP contribution in [0.3, 0.4) is 0 Å². The third kappa shape index (κ3) is 2.07. The van der Waals surface area contributed by atoms with E-state index in [-0.39, 0.29) is 28.3 Å². The number of hydrogen-bond donors (Lipinski definition) is 2. The van der Waals surface area contributed by atoms with E-state index in [1.807, 2.05) is 0 Å². The maximum absolute atomic E-state index is 10.6. The van der Waals surface area contributed by atoms with Gasteiger partial charge in [0.05, 0.1) is 5.56 Å². The molecule has 0 aliphatic heterocycles. The SMILES string of the molecule is Br.O=C(O)c1cnc2c(O)cccc2c1. The zero-order valence-electron chi connectivity index (χ0n) is 7.54. The predicted molar refractivity (Wildman–Crippen MR) is 60.7 cm³/mol. The molecule has 1 aromatic heterocycles. The van der Waals surface area contributed by atoms with E-state index in [9.17, 15) is 9.90 Å². The lowest BCUT2D eigenvalue weighted by molar-refractivity contribution is 0.0696. The number of fused-ring (bicyclic) bond motifs is 1. The number of aromatic nitrogens is 1. The number of aromatic hydroxyl groups is 1. The van der Waals surface area contributed by atoms with Crippen LogP contribution in [0.1, 0.15) is 10.4 Å². The van der Waals surface area contributed by atoms with Crippen molar-refractivity contribution in [3.63, 3.8) is 0 Å². The van der Waals surface area contributed by atoms with Gasteiger partial charge in [0.25, 0.3) is 0 Å². The number of aromatic carboxylic acids is 1. The summed E-state index contributed by atoms with van der Waals surface area (Å²) in [6.07, 6.45) is 1.23. The zero-order chi connectivity index (χ0) is 10.1. The van der Waals surface area contributed by atoms with Gasteiger partial charge in [0.2, 0.25) is 0 Å². The Balaban J connectivity index is 0.00000112. The van der Waals surface area contributed by atoms with Crippen molar-refractivity contribution in [3.05, 3.63) is 36.0 Å². The summed E-state index contributed by atoms with van der Waals surface area (Å²) in [5.41, 5.74) is 0.528. The maximum atomic E-state index is 10.6. The van der Waals surface area contributed by atoms with E-state index >= 15 is 0 Å². The average Bonchev–Trinajstić information content (AvgIpc) is 2.17. The topological polar surface area (TPSA) is 70.4 Å². The number of phenolic OH excluding ortho intramolecular Hbond substituents is 1. The Bertz CT molecular complexity index is 513. The van der Waals surface area contributed by atoms with Gasteiger partial charge in [-0.25, -0.2) is 4.79 Å². The third-order valence-electron chi connectivity index (χ3n) is 1.94. The van der Waals surface area contributed by atoms with Crippen LogP contribution in [-0.4, -0.2) is 21.2 Å². The molecule has 0 aliphatic carbocycles. The Morgan fingerprint density at radius 1 is 1.33 bits per heavy atom. The molecule has 0 spiro atoms. The van der Waals surface area contributed by atoms with Crippen molar-refractivity contribution in [3.8, 4) is 5.75 Å². The zero-order valence-corrected chi connectivity index (χ0v) is 9.26. The number of benzene rings is 1. The molecule has 1 aromatic carbocycles. The van der Waals surface area contributed by atoms with Crippen LogP contribution in [0, 0.1) is 0 Å². The fourth-order valence-corrected chi connectivity index (χ4v) is 1.26. The van der Waals surface area contributed by atoms with Gasteiger partial charge >= 0.3 is 5.97 Å². The number of rotatable bonds is 1. The van der Waals surface area contributed by atoms with Gasteiger partial charge in [-0.05, 0) is 12.1 Å². The summed E-state index contributed by atoms with van der Waals surface area (Å²) in [4.78, 5) is 14.5. The van der Waals surface area contributed by atoms with E-state index in [0.29, 0.717) is 10.9 Å². The van der Waals surface area contributed by atoms with E-state index in [2.05, 4.69) is 4.98 Å². The van der Waals surface area contributed by atoms with E-state index in [1.165, 1.54) is 18.3 Å². The molecule has 15 heavy (non-hydrogen) atoms. The summed E-state index contributed by atoms with van der Waals surface area (Å²) in [5.74, 6) is -0.970. The van der Waals surface area contributed by atoms with Crippen molar-refractivity contribution >= 4 is 33.9 Å². The van der Waals surface area contributed by atoms with Crippen molar-refractivity contribution in [1.82, 2.24) is 4.98 Å². The normalized spacial score (nSPS) is 9.60. The summed E-state index contributed by atoms with van der Waals surface area (Å²) in [6, 6.07) is 6.33. The Morgan fingerprint density at radius 2 is 2.07 bits per heavy atom. The van der Waals surface area contributed by atoms with E-state index in [4.69, 9.17) is 5.11 Å². The Hall–Kier alpha value is -1.62. The predicted octanol–water partition coefficient (Wildman–Crippen LogP) is 2.22. The summed E-state index contributed by atoms with van der Waals surface area (Å²) < 4.78 is 0. The lowest BCUT2D eigenvalue weighted by Gasteiger charge is -2.00. The molecule has 0 aliphatic rings. The Morgan fingerprint density at radius 3 is 2.73 bits per heavy atom. The minimum atomic E-state index is -1.03. The Kier molecular flexibility index (Phi) is 3.26. The number of carbonyl (C=O) groups is 1. The van der Waals surface area contributed by atoms with Gasteiger partial charge in [-0.1, -0.05) is 12.1 Å². The van der Waals surface area contributed by atoms with Crippen LogP contribution in [0.4, 0.5) is 0 Å². The highest BCUT2D eigenvalue weighted by atomic mass is 79.9. The number of nitrogens with zero attached hydrogens (tertiary/aromatic N) is 1. The molecule has 0 radical (unpaired) electrons. The second-order valence-electron chi connectivity index (χ2n) is 2.88. The van der Waals surface area contributed by atoms with Crippen LogP contribution < -0.4 is 0 Å². The van der Waals surface area contributed by atoms with Gasteiger partial charge < -0.3 is 10.2 Å². The number of pyridine rings is 1. The number of para-hydroxylation sites is 1. The van der Waals surface area contributed by atoms with E-state index in [0.717, 1.165) is 0 Å². The van der Waals surface area contributed by atoms with Gasteiger partial charge in [0, 0.05) is 11.6 Å². The fourth-order valence-electron chi connectivity index (χ4n) is 1.26. The number of hydrogen-bond acceptors (Lipinski definition) is 3. The average molecular weight is 270 g/mol. The molecule has 4 nitrogen and oxygen atoms in total. The van der Waals surface area contributed by atoms with Crippen LogP contribution in [0.5, 0.6) is 5.75 Å². The summed E-state index contributed by atoms with van der Waals surface area (Å²) in [7, 11) is 0. The van der Waals surface area contributed by atoms with Gasteiger partial charge in [0.15, 0.2) is 0 Å². The highest BCUT2D eigenvalue weighted by molar-refractivity contribution is 8.93. The van der Waals surface area contributed by atoms with Crippen LogP contribution in [-0.2, 0) is 0 Å². The molecule has 0 bridgehead atoms. The summed E-state index contributed by atoms with van der Waals surface area (Å²) in [5, 5.41) is 18.7. The Labute approximate surface area is 96.0 Å². The first kappa shape index (κ1) is 11.5. The summed E-state index contributed by atoms with van der Waals surface area (Å²) >= 11 is 0. The molecule has 1 heterocycles. The molecule has 0 saturated carbocycles.